The maximum absolute atomic E-state index is 5.28. The van der Waals surface area contributed by atoms with Gasteiger partial charge in [0.1, 0.15) is 5.75 Å². The van der Waals surface area contributed by atoms with Gasteiger partial charge in [-0.1, -0.05) is 37.8 Å². The van der Waals surface area contributed by atoms with Crippen molar-refractivity contribution in [2.24, 2.45) is 5.92 Å². The van der Waals surface area contributed by atoms with Crippen LogP contribution < -0.4 is 10.1 Å². The summed E-state index contributed by atoms with van der Waals surface area (Å²) in [5, 5.41) is 3.55. The smallest absolute Gasteiger partial charge is 0.121 e. The van der Waals surface area contributed by atoms with Crippen molar-refractivity contribution in [2.75, 3.05) is 13.7 Å². The Hall–Kier alpha value is -1.02. The first kappa shape index (κ1) is 14.4. The molecule has 0 aliphatic heterocycles. The summed E-state index contributed by atoms with van der Waals surface area (Å²) in [6.07, 6.45) is 8.59. The molecule has 1 N–H and O–H groups in total. The molecule has 1 fully saturated rings. The SMILES string of the molecule is COc1ccc(CNCCCC2CCCC2)cc1C. The van der Waals surface area contributed by atoms with Crippen LogP contribution in [0.2, 0.25) is 0 Å². The Bertz CT molecular complexity index is 383. The standard InChI is InChI=1S/C17H27NO/c1-14-12-16(9-10-17(14)19-2)13-18-11-5-8-15-6-3-4-7-15/h9-10,12,15,18H,3-8,11,13H2,1-2H3. The topological polar surface area (TPSA) is 21.3 Å². The van der Waals surface area contributed by atoms with Crippen molar-refractivity contribution < 1.29 is 4.74 Å². The molecule has 1 aliphatic carbocycles. The van der Waals surface area contributed by atoms with Gasteiger partial charge in [-0.2, -0.15) is 0 Å². The van der Waals surface area contributed by atoms with Crippen LogP contribution in [0.15, 0.2) is 18.2 Å². The van der Waals surface area contributed by atoms with Crippen LogP contribution in [0.1, 0.15) is 49.7 Å². The molecule has 0 heterocycles. The van der Waals surface area contributed by atoms with E-state index in [0.717, 1.165) is 24.8 Å². The molecule has 0 bridgehead atoms. The molecule has 0 atom stereocenters. The zero-order chi connectivity index (χ0) is 13.5. The summed E-state index contributed by atoms with van der Waals surface area (Å²) in [5.41, 5.74) is 2.56. The third-order valence-electron chi connectivity index (χ3n) is 4.23. The minimum atomic E-state index is 0.968. The first-order valence-corrected chi connectivity index (χ1v) is 7.64. The lowest BCUT2D eigenvalue weighted by molar-refractivity contribution is 0.411. The van der Waals surface area contributed by atoms with Crippen LogP contribution in [0, 0.1) is 12.8 Å². The van der Waals surface area contributed by atoms with Gasteiger partial charge in [-0.05, 0) is 49.4 Å². The van der Waals surface area contributed by atoms with Gasteiger partial charge in [0.15, 0.2) is 0 Å². The molecule has 0 amide bonds. The fourth-order valence-electron chi connectivity index (χ4n) is 3.10. The second-order valence-electron chi connectivity index (χ2n) is 5.77. The molecule has 2 heteroatoms. The number of aryl methyl sites for hydroxylation is 1. The normalized spacial score (nSPS) is 15.9. The minimum absolute atomic E-state index is 0.968. The van der Waals surface area contributed by atoms with Crippen molar-refractivity contribution in [3.05, 3.63) is 29.3 Å². The highest BCUT2D eigenvalue weighted by atomic mass is 16.5. The Labute approximate surface area is 117 Å². The first-order chi connectivity index (χ1) is 9.29. The fraction of sp³-hybridized carbons (Fsp3) is 0.647. The van der Waals surface area contributed by atoms with Crippen LogP contribution in [-0.2, 0) is 6.54 Å². The third-order valence-corrected chi connectivity index (χ3v) is 4.23. The van der Waals surface area contributed by atoms with Gasteiger partial charge < -0.3 is 10.1 Å². The molecule has 0 unspecified atom stereocenters. The molecule has 0 saturated heterocycles. The highest BCUT2D eigenvalue weighted by Gasteiger charge is 2.13. The summed E-state index contributed by atoms with van der Waals surface area (Å²) in [4.78, 5) is 0. The maximum Gasteiger partial charge on any atom is 0.121 e. The third kappa shape index (κ3) is 4.54. The van der Waals surface area contributed by atoms with E-state index in [1.165, 1.54) is 49.7 Å². The monoisotopic (exact) mass is 261 g/mol. The van der Waals surface area contributed by atoms with Crippen LogP contribution in [-0.4, -0.2) is 13.7 Å². The van der Waals surface area contributed by atoms with Crippen LogP contribution in [0.25, 0.3) is 0 Å². The van der Waals surface area contributed by atoms with Crippen molar-refractivity contribution in [1.82, 2.24) is 5.32 Å². The van der Waals surface area contributed by atoms with Crippen LogP contribution in [0.3, 0.4) is 0 Å². The molecule has 0 radical (unpaired) electrons. The van der Waals surface area contributed by atoms with Crippen molar-refractivity contribution in [2.45, 2.75) is 52.0 Å². The molecule has 1 saturated carbocycles. The van der Waals surface area contributed by atoms with E-state index in [1.54, 1.807) is 7.11 Å². The van der Waals surface area contributed by atoms with Gasteiger partial charge in [0.05, 0.1) is 7.11 Å². The van der Waals surface area contributed by atoms with Crippen molar-refractivity contribution >= 4 is 0 Å². The molecular weight excluding hydrogens is 234 g/mol. The van der Waals surface area contributed by atoms with Crippen molar-refractivity contribution in [3.63, 3.8) is 0 Å². The molecular formula is C17H27NO. The zero-order valence-corrected chi connectivity index (χ0v) is 12.4. The lowest BCUT2D eigenvalue weighted by atomic mass is 10.0. The van der Waals surface area contributed by atoms with Gasteiger partial charge in [0, 0.05) is 6.54 Å². The first-order valence-electron chi connectivity index (χ1n) is 7.64. The van der Waals surface area contributed by atoms with Gasteiger partial charge in [0.2, 0.25) is 0 Å². The average Bonchev–Trinajstić information content (AvgIpc) is 2.92. The van der Waals surface area contributed by atoms with Crippen LogP contribution in [0.4, 0.5) is 0 Å². The summed E-state index contributed by atoms with van der Waals surface area (Å²) >= 11 is 0. The number of rotatable bonds is 7. The number of ether oxygens (including phenoxy) is 1. The molecule has 1 aromatic carbocycles. The molecule has 0 spiro atoms. The van der Waals surface area contributed by atoms with Gasteiger partial charge in [-0.3, -0.25) is 0 Å². The second kappa shape index (κ2) is 7.54. The van der Waals surface area contributed by atoms with E-state index in [4.69, 9.17) is 4.74 Å². The van der Waals surface area contributed by atoms with E-state index in [1.807, 2.05) is 0 Å². The fourth-order valence-corrected chi connectivity index (χ4v) is 3.10. The van der Waals surface area contributed by atoms with Crippen molar-refractivity contribution in [3.8, 4) is 5.75 Å². The van der Waals surface area contributed by atoms with Gasteiger partial charge in [-0.15, -0.1) is 0 Å². The van der Waals surface area contributed by atoms with Gasteiger partial charge in [0.25, 0.3) is 0 Å². The lowest BCUT2D eigenvalue weighted by Crippen LogP contribution is -2.15. The summed E-state index contributed by atoms with van der Waals surface area (Å²) in [6.45, 7) is 4.21. The lowest BCUT2D eigenvalue weighted by Gasteiger charge is -2.10. The van der Waals surface area contributed by atoms with Crippen molar-refractivity contribution in [1.29, 1.82) is 0 Å². The molecule has 106 valence electrons. The second-order valence-corrected chi connectivity index (χ2v) is 5.77. The predicted molar refractivity (Wildman–Crippen MR) is 80.6 cm³/mol. The molecule has 2 nitrogen and oxygen atoms in total. The van der Waals surface area contributed by atoms with E-state index < -0.39 is 0 Å². The quantitative estimate of drug-likeness (QED) is 0.747. The van der Waals surface area contributed by atoms with Crippen LogP contribution >= 0.6 is 0 Å². The molecule has 1 aromatic rings. The Balaban J connectivity index is 1.63. The maximum atomic E-state index is 5.28. The highest BCUT2D eigenvalue weighted by Crippen LogP contribution is 2.28. The number of hydrogen-bond acceptors (Lipinski definition) is 2. The van der Waals surface area contributed by atoms with Gasteiger partial charge >= 0.3 is 0 Å². The number of benzene rings is 1. The summed E-state index contributed by atoms with van der Waals surface area (Å²) in [6, 6.07) is 6.42. The molecule has 2 rings (SSSR count). The van der Waals surface area contributed by atoms with E-state index in [9.17, 15) is 0 Å². The Kier molecular flexibility index (Phi) is 5.71. The number of methoxy groups -OCH3 is 1. The molecule has 19 heavy (non-hydrogen) atoms. The van der Waals surface area contributed by atoms with Gasteiger partial charge in [-0.25, -0.2) is 0 Å². The predicted octanol–water partition coefficient (Wildman–Crippen LogP) is 4.06. The Morgan fingerprint density at radius 1 is 1.26 bits per heavy atom. The van der Waals surface area contributed by atoms with Crippen LogP contribution in [0.5, 0.6) is 5.75 Å². The number of nitrogens with one attached hydrogen (secondary N) is 1. The summed E-state index contributed by atoms with van der Waals surface area (Å²) in [7, 11) is 1.73. The number of hydrogen-bond donors (Lipinski definition) is 1. The van der Waals surface area contributed by atoms with E-state index in [0.29, 0.717) is 0 Å². The Morgan fingerprint density at radius 3 is 2.74 bits per heavy atom. The van der Waals surface area contributed by atoms with E-state index in [2.05, 4.69) is 30.4 Å². The van der Waals surface area contributed by atoms with E-state index in [-0.39, 0.29) is 0 Å². The van der Waals surface area contributed by atoms with E-state index >= 15 is 0 Å². The largest absolute Gasteiger partial charge is 0.496 e. The average molecular weight is 261 g/mol. The Morgan fingerprint density at radius 2 is 2.05 bits per heavy atom. The zero-order valence-electron chi connectivity index (χ0n) is 12.4. The highest BCUT2D eigenvalue weighted by molar-refractivity contribution is 5.36. The minimum Gasteiger partial charge on any atom is -0.496 e. The summed E-state index contributed by atoms with van der Waals surface area (Å²) < 4.78 is 5.28. The summed E-state index contributed by atoms with van der Waals surface area (Å²) in [5.74, 6) is 2.00. The molecule has 0 aromatic heterocycles. The molecule has 1 aliphatic rings.